The van der Waals surface area contributed by atoms with E-state index in [1.165, 1.54) is 0 Å². The van der Waals surface area contributed by atoms with Gasteiger partial charge in [0.15, 0.2) is 20.0 Å². The van der Waals surface area contributed by atoms with E-state index in [0.717, 1.165) is 16.7 Å². The summed E-state index contributed by atoms with van der Waals surface area (Å²) in [5.74, 6) is -1.97. The molecule has 0 aliphatic heterocycles. The Kier molecular flexibility index (Phi) is 6.51. The number of benzene rings is 2. The second-order valence-corrected chi connectivity index (χ2v) is 7.40. The summed E-state index contributed by atoms with van der Waals surface area (Å²) in [4.78, 5) is 26.0. The molecular formula is C19H17Cl2O3P. The third-order valence-corrected chi connectivity index (χ3v) is 5.17. The summed E-state index contributed by atoms with van der Waals surface area (Å²) >= 11 is 12.2. The SMILES string of the molecule is Cc1cc(C)c(C(=O)C(CP=O)C(=O)c2c(Cl)cccc2Cl)c(C)c1. The van der Waals surface area contributed by atoms with E-state index in [0.29, 0.717) is 5.56 Å². The first-order valence-electron chi connectivity index (χ1n) is 7.67. The van der Waals surface area contributed by atoms with Gasteiger partial charge in [0.25, 0.3) is 0 Å². The van der Waals surface area contributed by atoms with Crippen LogP contribution in [0.2, 0.25) is 10.0 Å². The zero-order valence-electron chi connectivity index (χ0n) is 14.1. The van der Waals surface area contributed by atoms with E-state index in [4.69, 9.17) is 23.2 Å². The highest BCUT2D eigenvalue weighted by molar-refractivity contribution is 7.23. The van der Waals surface area contributed by atoms with Gasteiger partial charge in [-0.05, 0) is 44.0 Å². The minimum Gasteiger partial charge on any atom is -0.293 e. The lowest BCUT2D eigenvalue weighted by Crippen LogP contribution is -2.28. The van der Waals surface area contributed by atoms with Crippen LogP contribution in [-0.4, -0.2) is 17.7 Å². The van der Waals surface area contributed by atoms with Crippen molar-refractivity contribution in [2.75, 3.05) is 6.16 Å². The van der Waals surface area contributed by atoms with E-state index >= 15 is 0 Å². The third kappa shape index (κ3) is 4.17. The second-order valence-electron chi connectivity index (χ2n) is 5.96. The summed E-state index contributed by atoms with van der Waals surface area (Å²) in [6.45, 7) is 5.59. The quantitative estimate of drug-likeness (QED) is 0.348. The van der Waals surface area contributed by atoms with Crippen LogP contribution < -0.4 is 0 Å². The molecule has 0 N–H and O–H groups in total. The summed E-state index contributed by atoms with van der Waals surface area (Å²) in [7, 11) is -0.288. The summed E-state index contributed by atoms with van der Waals surface area (Å²) in [5.41, 5.74) is 3.18. The van der Waals surface area contributed by atoms with Gasteiger partial charge in [0.2, 0.25) is 0 Å². The number of rotatable bonds is 6. The minimum absolute atomic E-state index is 0.0928. The molecule has 1 atom stereocenters. The normalized spacial score (nSPS) is 12.2. The molecule has 0 bridgehead atoms. The molecule has 0 aliphatic rings. The van der Waals surface area contributed by atoms with Crippen molar-refractivity contribution in [1.82, 2.24) is 0 Å². The minimum atomic E-state index is -1.10. The fourth-order valence-electron chi connectivity index (χ4n) is 3.01. The first kappa shape index (κ1) is 19.8. The summed E-state index contributed by atoms with van der Waals surface area (Å²) in [6, 6.07) is 8.48. The van der Waals surface area contributed by atoms with E-state index in [1.807, 2.05) is 32.9 Å². The maximum atomic E-state index is 13.1. The zero-order valence-corrected chi connectivity index (χ0v) is 16.5. The smallest absolute Gasteiger partial charge is 0.177 e. The van der Waals surface area contributed by atoms with Crippen LogP contribution in [0.25, 0.3) is 0 Å². The molecule has 3 nitrogen and oxygen atoms in total. The van der Waals surface area contributed by atoms with Crippen molar-refractivity contribution in [2.45, 2.75) is 20.8 Å². The van der Waals surface area contributed by atoms with E-state index in [2.05, 4.69) is 0 Å². The molecule has 25 heavy (non-hydrogen) atoms. The Bertz CT molecular complexity index is 818. The predicted octanol–water partition coefficient (Wildman–Crippen LogP) is 5.89. The number of hydrogen-bond donors (Lipinski definition) is 0. The van der Waals surface area contributed by atoms with Crippen molar-refractivity contribution in [2.24, 2.45) is 5.92 Å². The number of carbonyl (C=O) groups excluding carboxylic acids is 2. The molecule has 2 aromatic carbocycles. The fourth-order valence-corrected chi connectivity index (χ4v) is 4.07. The van der Waals surface area contributed by atoms with Gasteiger partial charge in [0.05, 0.1) is 21.5 Å². The topological polar surface area (TPSA) is 51.2 Å². The van der Waals surface area contributed by atoms with Gasteiger partial charge in [0.1, 0.15) is 0 Å². The highest BCUT2D eigenvalue weighted by Crippen LogP contribution is 2.30. The molecule has 2 aromatic rings. The average Bonchev–Trinajstić information content (AvgIpc) is 2.51. The predicted molar refractivity (Wildman–Crippen MR) is 102 cm³/mol. The molecule has 1 unspecified atom stereocenters. The van der Waals surface area contributed by atoms with Crippen LogP contribution >= 0.6 is 31.7 Å². The van der Waals surface area contributed by atoms with Gasteiger partial charge in [0, 0.05) is 11.7 Å². The van der Waals surface area contributed by atoms with E-state index in [1.54, 1.807) is 18.2 Å². The number of hydrogen-bond acceptors (Lipinski definition) is 3. The molecule has 2 rings (SSSR count). The average molecular weight is 395 g/mol. The molecule has 0 saturated heterocycles. The summed E-state index contributed by atoms with van der Waals surface area (Å²) in [5, 5.41) is 0.352. The zero-order chi connectivity index (χ0) is 18.7. The van der Waals surface area contributed by atoms with Gasteiger partial charge in [-0.15, -0.1) is 0 Å². The second kappa shape index (κ2) is 8.23. The van der Waals surface area contributed by atoms with Crippen LogP contribution in [0.15, 0.2) is 30.3 Å². The van der Waals surface area contributed by atoms with Crippen molar-refractivity contribution in [1.29, 1.82) is 0 Å². The molecule has 0 radical (unpaired) electrons. The van der Waals surface area contributed by atoms with Crippen LogP contribution in [-0.2, 0) is 4.57 Å². The molecule has 0 aliphatic carbocycles. The molecule has 0 spiro atoms. The van der Waals surface area contributed by atoms with Gasteiger partial charge >= 0.3 is 0 Å². The van der Waals surface area contributed by atoms with E-state index in [9.17, 15) is 14.2 Å². The van der Waals surface area contributed by atoms with Crippen molar-refractivity contribution >= 4 is 43.2 Å². The number of halogens is 2. The fraction of sp³-hybridized carbons (Fsp3) is 0.263. The van der Waals surface area contributed by atoms with Gasteiger partial charge < -0.3 is 0 Å². The molecule has 0 heterocycles. The maximum Gasteiger partial charge on any atom is 0.177 e. The van der Waals surface area contributed by atoms with Crippen LogP contribution in [0, 0.1) is 26.7 Å². The van der Waals surface area contributed by atoms with Crippen LogP contribution in [0.1, 0.15) is 37.4 Å². The highest BCUT2D eigenvalue weighted by atomic mass is 35.5. The monoisotopic (exact) mass is 394 g/mol. The Morgan fingerprint density at radius 1 is 0.960 bits per heavy atom. The van der Waals surface area contributed by atoms with Crippen molar-refractivity contribution in [3.05, 3.63) is 68.2 Å². The first-order chi connectivity index (χ1) is 11.8. The largest absolute Gasteiger partial charge is 0.293 e. The van der Waals surface area contributed by atoms with Crippen molar-refractivity contribution < 1.29 is 14.2 Å². The van der Waals surface area contributed by atoms with Crippen LogP contribution in [0.4, 0.5) is 0 Å². The lowest BCUT2D eigenvalue weighted by Gasteiger charge is -2.17. The third-order valence-electron chi connectivity index (χ3n) is 4.02. The molecular weight excluding hydrogens is 378 g/mol. The van der Waals surface area contributed by atoms with Gasteiger partial charge in [-0.25, -0.2) is 0 Å². The van der Waals surface area contributed by atoms with Crippen LogP contribution in [0.3, 0.4) is 0 Å². The van der Waals surface area contributed by atoms with Crippen LogP contribution in [0.5, 0.6) is 0 Å². The Morgan fingerprint density at radius 3 is 1.92 bits per heavy atom. The van der Waals surface area contributed by atoms with Gasteiger partial charge in [-0.1, -0.05) is 47.0 Å². The lowest BCUT2D eigenvalue weighted by molar-refractivity contribution is 0.0823. The molecule has 0 amide bonds. The molecule has 6 heteroatoms. The molecule has 0 saturated carbocycles. The summed E-state index contributed by atoms with van der Waals surface area (Å²) in [6.07, 6.45) is -0.119. The Balaban J connectivity index is 2.53. The van der Waals surface area contributed by atoms with Gasteiger partial charge in [-0.3, -0.25) is 14.2 Å². The Hall–Kier alpha value is -1.54. The van der Waals surface area contributed by atoms with Crippen molar-refractivity contribution in [3.63, 3.8) is 0 Å². The lowest BCUT2D eigenvalue weighted by atomic mass is 9.87. The number of Topliss-reactive ketones (excluding diaryl/α,β-unsaturated/α-hetero) is 2. The number of ketones is 2. The van der Waals surface area contributed by atoms with E-state index < -0.39 is 11.7 Å². The number of carbonyl (C=O) groups is 2. The summed E-state index contributed by atoms with van der Waals surface area (Å²) < 4.78 is 11.2. The first-order valence-corrected chi connectivity index (χ1v) is 9.42. The Morgan fingerprint density at radius 2 is 1.44 bits per heavy atom. The molecule has 0 fully saturated rings. The van der Waals surface area contributed by atoms with Crippen molar-refractivity contribution in [3.8, 4) is 0 Å². The standard InChI is InChI=1S/C19H17Cl2O3P/c1-10-7-11(2)16(12(3)8-10)18(22)13(9-25-24)19(23)17-14(20)5-4-6-15(17)21/h4-8,13H,9H2,1-3H3. The Labute approximate surface area is 158 Å². The molecule has 0 aromatic heterocycles. The maximum absolute atomic E-state index is 13.1. The highest BCUT2D eigenvalue weighted by Gasteiger charge is 2.32. The van der Waals surface area contributed by atoms with Gasteiger partial charge in [-0.2, -0.15) is 0 Å². The van der Waals surface area contributed by atoms with E-state index in [-0.39, 0.29) is 36.0 Å². The molecule has 130 valence electrons. The number of aryl methyl sites for hydroxylation is 3.